The van der Waals surface area contributed by atoms with Gasteiger partial charge in [0.1, 0.15) is 30.5 Å². The van der Waals surface area contributed by atoms with E-state index in [1.54, 1.807) is 4.90 Å². The molecule has 5 nitrogen and oxygen atoms in total. The third-order valence-corrected chi connectivity index (χ3v) is 8.24. The standard InChI is InChI=1S/C32H33NO4S2/c1-2-35-27-17-13-26(14-18-27)33-31(34)30(39-32(33)38)22-23-7-6-10-29(21-23)37-20-19-36-28-15-11-25(12-16-28)24-8-4-3-5-9-24/h6-7,10-18,21-22,24H,2-5,8-9,19-20H2,1H3. The monoisotopic (exact) mass is 559 g/mol. The van der Waals surface area contributed by atoms with Crippen molar-refractivity contribution in [3.8, 4) is 17.2 Å². The van der Waals surface area contributed by atoms with E-state index >= 15 is 0 Å². The van der Waals surface area contributed by atoms with E-state index in [1.165, 1.54) is 49.4 Å². The fraction of sp³-hybridized carbons (Fsp3) is 0.312. The van der Waals surface area contributed by atoms with E-state index in [0.717, 1.165) is 28.5 Å². The van der Waals surface area contributed by atoms with Gasteiger partial charge in [0, 0.05) is 0 Å². The van der Waals surface area contributed by atoms with Crippen molar-refractivity contribution in [1.29, 1.82) is 0 Å². The molecule has 202 valence electrons. The Morgan fingerprint density at radius 3 is 2.26 bits per heavy atom. The Kier molecular flexibility index (Phi) is 9.22. The zero-order valence-corrected chi connectivity index (χ0v) is 23.8. The van der Waals surface area contributed by atoms with Gasteiger partial charge < -0.3 is 14.2 Å². The van der Waals surface area contributed by atoms with Gasteiger partial charge in [-0.25, -0.2) is 0 Å². The molecule has 1 amide bonds. The predicted octanol–water partition coefficient (Wildman–Crippen LogP) is 8.00. The van der Waals surface area contributed by atoms with Gasteiger partial charge in [0.05, 0.1) is 17.2 Å². The summed E-state index contributed by atoms with van der Waals surface area (Å²) in [7, 11) is 0. The zero-order valence-electron chi connectivity index (χ0n) is 22.1. The molecule has 0 radical (unpaired) electrons. The number of ether oxygens (including phenoxy) is 3. The number of carbonyl (C=O) groups is 1. The number of thioether (sulfide) groups is 1. The van der Waals surface area contributed by atoms with E-state index in [1.807, 2.05) is 61.5 Å². The maximum atomic E-state index is 13.1. The highest BCUT2D eigenvalue weighted by molar-refractivity contribution is 8.27. The minimum absolute atomic E-state index is 0.136. The number of anilines is 1. The topological polar surface area (TPSA) is 48.0 Å². The summed E-state index contributed by atoms with van der Waals surface area (Å²) < 4.78 is 17.8. The Morgan fingerprint density at radius 2 is 1.54 bits per heavy atom. The van der Waals surface area contributed by atoms with Crippen LogP contribution in [0.25, 0.3) is 6.08 Å². The van der Waals surface area contributed by atoms with Gasteiger partial charge in [-0.15, -0.1) is 0 Å². The lowest BCUT2D eigenvalue weighted by Crippen LogP contribution is -2.27. The second-order valence-electron chi connectivity index (χ2n) is 9.62. The van der Waals surface area contributed by atoms with E-state index in [4.69, 9.17) is 26.4 Å². The summed E-state index contributed by atoms with van der Waals surface area (Å²) in [5.74, 6) is 2.91. The van der Waals surface area contributed by atoms with Crippen LogP contribution in [0.3, 0.4) is 0 Å². The summed E-state index contributed by atoms with van der Waals surface area (Å²) in [6.07, 6.45) is 8.49. The molecule has 39 heavy (non-hydrogen) atoms. The van der Waals surface area contributed by atoms with Crippen LogP contribution < -0.4 is 19.1 Å². The number of hydrogen-bond acceptors (Lipinski definition) is 6. The van der Waals surface area contributed by atoms with Crippen LogP contribution in [-0.4, -0.2) is 30.0 Å². The molecular weight excluding hydrogens is 526 g/mol. The van der Waals surface area contributed by atoms with Crippen LogP contribution in [0.4, 0.5) is 5.69 Å². The third kappa shape index (κ3) is 7.02. The van der Waals surface area contributed by atoms with Gasteiger partial charge in [0.15, 0.2) is 4.32 Å². The Bertz CT molecular complexity index is 1310. The smallest absolute Gasteiger partial charge is 0.270 e. The Balaban J connectivity index is 1.14. The lowest BCUT2D eigenvalue weighted by molar-refractivity contribution is -0.113. The van der Waals surface area contributed by atoms with Crippen LogP contribution in [-0.2, 0) is 4.79 Å². The van der Waals surface area contributed by atoms with Crippen molar-refractivity contribution in [2.75, 3.05) is 24.7 Å². The Hall–Kier alpha value is -3.29. The second-order valence-corrected chi connectivity index (χ2v) is 11.3. The number of thiocarbonyl (C=S) groups is 1. The number of hydrogen-bond donors (Lipinski definition) is 0. The fourth-order valence-electron chi connectivity index (χ4n) is 4.99. The molecule has 1 aliphatic carbocycles. The third-order valence-electron chi connectivity index (χ3n) is 6.93. The molecule has 3 aromatic rings. The number of amides is 1. The number of rotatable bonds is 10. The molecule has 0 atom stereocenters. The molecule has 7 heteroatoms. The molecule has 0 N–H and O–H groups in total. The molecule has 1 saturated carbocycles. The Labute approximate surface area is 240 Å². The summed E-state index contributed by atoms with van der Waals surface area (Å²) in [5, 5.41) is 0. The molecule has 1 saturated heterocycles. The zero-order chi connectivity index (χ0) is 27.0. The van der Waals surface area contributed by atoms with Crippen molar-refractivity contribution < 1.29 is 19.0 Å². The molecular formula is C32H33NO4S2. The van der Waals surface area contributed by atoms with E-state index < -0.39 is 0 Å². The number of carbonyl (C=O) groups excluding carboxylic acids is 1. The van der Waals surface area contributed by atoms with Gasteiger partial charge in [0.2, 0.25) is 0 Å². The van der Waals surface area contributed by atoms with Crippen LogP contribution in [0.5, 0.6) is 17.2 Å². The van der Waals surface area contributed by atoms with Crippen molar-refractivity contribution in [1.82, 2.24) is 0 Å². The van der Waals surface area contributed by atoms with Crippen LogP contribution in [0.15, 0.2) is 77.7 Å². The predicted molar refractivity (Wildman–Crippen MR) is 163 cm³/mol. The molecule has 3 aromatic carbocycles. The molecule has 1 heterocycles. The first-order valence-corrected chi connectivity index (χ1v) is 14.8. The van der Waals surface area contributed by atoms with Crippen LogP contribution in [0.2, 0.25) is 0 Å². The molecule has 2 aliphatic rings. The number of benzene rings is 3. The first-order valence-electron chi connectivity index (χ1n) is 13.6. The largest absolute Gasteiger partial charge is 0.494 e. The molecule has 0 unspecified atom stereocenters. The molecule has 0 spiro atoms. The van der Waals surface area contributed by atoms with Crippen molar-refractivity contribution in [3.63, 3.8) is 0 Å². The van der Waals surface area contributed by atoms with Crippen molar-refractivity contribution in [2.24, 2.45) is 0 Å². The average Bonchev–Trinajstić information content (AvgIpc) is 3.25. The highest BCUT2D eigenvalue weighted by Crippen LogP contribution is 2.37. The van der Waals surface area contributed by atoms with Crippen molar-refractivity contribution in [3.05, 3.63) is 88.8 Å². The SMILES string of the molecule is CCOc1ccc(N2C(=O)C(=Cc3cccc(OCCOc4ccc(C5CCCCC5)cc4)c3)SC2=S)cc1. The van der Waals surface area contributed by atoms with Gasteiger partial charge in [0.25, 0.3) is 5.91 Å². The summed E-state index contributed by atoms with van der Waals surface area (Å²) in [4.78, 5) is 15.3. The van der Waals surface area contributed by atoms with Gasteiger partial charge >= 0.3 is 0 Å². The summed E-state index contributed by atoms with van der Waals surface area (Å²) >= 11 is 6.81. The second kappa shape index (κ2) is 13.2. The average molecular weight is 560 g/mol. The maximum Gasteiger partial charge on any atom is 0.270 e. The highest BCUT2D eigenvalue weighted by atomic mass is 32.2. The lowest BCUT2D eigenvalue weighted by atomic mass is 9.84. The van der Waals surface area contributed by atoms with E-state index in [-0.39, 0.29) is 5.91 Å². The van der Waals surface area contributed by atoms with Crippen LogP contribution >= 0.6 is 24.0 Å². The van der Waals surface area contributed by atoms with Gasteiger partial charge in [-0.1, -0.05) is 67.5 Å². The molecule has 5 rings (SSSR count). The molecule has 1 aliphatic heterocycles. The molecule has 0 bridgehead atoms. The van der Waals surface area contributed by atoms with Crippen molar-refractivity contribution >= 4 is 46.0 Å². The molecule has 0 aromatic heterocycles. The van der Waals surface area contributed by atoms with Crippen LogP contribution in [0, 0.1) is 0 Å². The summed E-state index contributed by atoms with van der Waals surface area (Å²) in [6, 6.07) is 23.6. The van der Waals surface area contributed by atoms with Gasteiger partial charge in [-0.2, -0.15) is 0 Å². The van der Waals surface area contributed by atoms with E-state index in [9.17, 15) is 4.79 Å². The number of nitrogens with zero attached hydrogens (tertiary/aromatic N) is 1. The maximum absolute atomic E-state index is 13.1. The first kappa shape index (κ1) is 27.3. The molecule has 2 fully saturated rings. The van der Waals surface area contributed by atoms with Crippen LogP contribution in [0.1, 0.15) is 56.1 Å². The minimum atomic E-state index is -0.136. The minimum Gasteiger partial charge on any atom is -0.494 e. The van der Waals surface area contributed by atoms with E-state index in [2.05, 4.69) is 24.3 Å². The van der Waals surface area contributed by atoms with Gasteiger partial charge in [-0.05, 0) is 91.4 Å². The Morgan fingerprint density at radius 1 is 0.872 bits per heavy atom. The van der Waals surface area contributed by atoms with Gasteiger partial charge in [-0.3, -0.25) is 9.69 Å². The van der Waals surface area contributed by atoms with E-state index in [0.29, 0.717) is 35.0 Å². The summed E-state index contributed by atoms with van der Waals surface area (Å²) in [6.45, 7) is 3.40. The summed E-state index contributed by atoms with van der Waals surface area (Å²) in [5.41, 5.74) is 3.02. The quantitative estimate of drug-likeness (QED) is 0.143. The highest BCUT2D eigenvalue weighted by Gasteiger charge is 2.33. The normalized spacial score (nSPS) is 17.1. The van der Waals surface area contributed by atoms with Crippen molar-refractivity contribution in [2.45, 2.75) is 44.9 Å². The lowest BCUT2D eigenvalue weighted by Gasteiger charge is -2.22. The fourth-order valence-corrected chi connectivity index (χ4v) is 6.28. The first-order chi connectivity index (χ1) is 19.1.